The van der Waals surface area contributed by atoms with Crippen LogP contribution in [-0.2, 0) is 33.6 Å². The van der Waals surface area contributed by atoms with Gasteiger partial charge in [-0.3, -0.25) is 4.18 Å². The summed E-state index contributed by atoms with van der Waals surface area (Å²) in [6, 6.07) is 0. The van der Waals surface area contributed by atoms with E-state index in [2.05, 4.69) is 4.18 Å². The van der Waals surface area contributed by atoms with Crippen molar-refractivity contribution in [1.82, 2.24) is 4.90 Å². The molecule has 0 atom stereocenters. The van der Waals surface area contributed by atoms with E-state index in [-0.39, 0.29) is 83.3 Å². The molecule has 0 spiro atoms. The molecule has 0 aromatic rings. The molecule has 0 saturated carbocycles. The van der Waals surface area contributed by atoms with Crippen molar-refractivity contribution in [2.45, 2.75) is 27.7 Å². The first-order valence-corrected chi connectivity index (χ1v) is 9.26. The minimum atomic E-state index is -4.77. The summed E-state index contributed by atoms with van der Waals surface area (Å²) in [7, 11) is -4.77. The SMILES string of the molecule is CCOC(=O)C(C(=O)OCC)=C1C=C(C)N(CCOS(=O)(=O)[O-])C(C)=C1.[K+]. The van der Waals surface area contributed by atoms with Gasteiger partial charge in [0.1, 0.15) is 0 Å². The number of carbonyl (C=O) groups is 2. The van der Waals surface area contributed by atoms with Crippen LogP contribution in [0.25, 0.3) is 0 Å². The van der Waals surface area contributed by atoms with Crippen molar-refractivity contribution in [3.05, 3.63) is 34.7 Å². The van der Waals surface area contributed by atoms with Crippen molar-refractivity contribution in [3.63, 3.8) is 0 Å². The van der Waals surface area contributed by atoms with Crippen LogP contribution in [0.4, 0.5) is 0 Å². The van der Waals surface area contributed by atoms with Gasteiger partial charge in [-0.05, 0) is 45.4 Å². The van der Waals surface area contributed by atoms with Gasteiger partial charge in [0.05, 0.1) is 19.8 Å². The van der Waals surface area contributed by atoms with E-state index >= 15 is 0 Å². The van der Waals surface area contributed by atoms with Gasteiger partial charge in [-0.25, -0.2) is 18.0 Å². The van der Waals surface area contributed by atoms with Crippen LogP contribution in [-0.4, -0.2) is 56.2 Å². The van der Waals surface area contributed by atoms with Crippen LogP contribution in [0.2, 0.25) is 0 Å². The third-order valence-electron chi connectivity index (χ3n) is 3.37. The largest absolute Gasteiger partial charge is 1.00 e. The smallest absolute Gasteiger partial charge is 0.726 e. The Labute approximate surface area is 201 Å². The van der Waals surface area contributed by atoms with Gasteiger partial charge in [-0.2, -0.15) is 0 Å². The van der Waals surface area contributed by atoms with Crippen molar-refractivity contribution < 1.29 is 87.6 Å². The van der Waals surface area contributed by atoms with Gasteiger partial charge < -0.3 is 18.9 Å². The molecule has 0 aromatic heterocycles. The zero-order chi connectivity index (χ0) is 19.9. The molecule has 1 aliphatic rings. The monoisotopic (exact) mass is 427 g/mol. The maximum atomic E-state index is 12.2. The topological polar surface area (TPSA) is 122 Å². The summed E-state index contributed by atoms with van der Waals surface area (Å²) in [5.41, 5.74) is 1.35. The summed E-state index contributed by atoms with van der Waals surface area (Å²) in [4.78, 5) is 26.0. The number of nitrogens with zero attached hydrogens (tertiary/aromatic N) is 1. The van der Waals surface area contributed by atoms with E-state index in [0.29, 0.717) is 17.0 Å². The molecular formula is C16H22KNO8S. The quantitative estimate of drug-likeness (QED) is 0.0824. The summed E-state index contributed by atoms with van der Waals surface area (Å²) in [6.45, 7) is 6.64. The van der Waals surface area contributed by atoms with Gasteiger partial charge in [0.2, 0.25) is 10.4 Å². The first-order chi connectivity index (χ1) is 12.1. The number of rotatable bonds is 8. The van der Waals surface area contributed by atoms with Crippen LogP contribution in [0.1, 0.15) is 27.7 Å². The maximum absolute atomic E-state index is 12.2. The second-order valence-corrected chi connectivity index (χ2v) is 6.28. The number of hydrogen-bond acceptors (Lipinski definition) is 9. The Morgan fingerprint density at radius 1 is 1.04 bits per heavy atom. The van der Waals surface area contributed by atoms with Crippen LogP contribution < -0.4 is 51.4 Å². The van der Waals surface area contributed by atoms with E-state index in [0.717, 1.165) is 0 Å². The molecule has 146 valence electrons. The van der Waals surface area contributed by atoms with Gasteiger partial charge in [-0.1, -0.05) is 0 Å². The predicted octanol–water partition coefficient (Wildman–Crippen LogP) is -1.99. The summed E-state index contributed by atoms with van der Waals surface area (Å²) < 4.78 is 45.6. The molecule has 1 heterocycles. The van der Waals surface area contributed by atoms with Gasteiger partial charge >= 0.3 is 63.3 Å². The molecule has 0 fully saturated rings. The van der Waals surface area contributed by atoms with Gasteiger partial charge in [-0.15, -0.1) is 0 Å². The number of esters is 2. The maximum Gasteiger partial charge on any atom is 1.00 e. The fourth-order valence-corrected chi connectivity index (χ4v) is 2.66. The molecule has 0 radical (unpaired) electrons. The van der Waals surface area contributed by atoms with E-state index in [1.807, 2.05) is 0 Å². The molecule has 0 N–H and O–H groups in total. The van der Waals surface area contributed by atoms with Crippen molar-refractivity contribution in [2.24, 2.45) is 0 Å². The summed E-state index contributed by atoms with van der Waals surface area (Å²) >= 11 is 0. The van der Waals surface area contributed by atoms with Crippen molar-refractivity contribution in [3.8, 4) is 0 Å². The minimum Gasteiger partial charge on any atom is -0.726 e. The Kier molecular flexibility index (Phi) is 11.9. The van der Waals surface area contributed by atoms with Gasteiger partial charge in [0.25, 0.3) is 0 Å². The first kappa shape index (κ1) is 26.5. The van der Waals surface area contributed by atoms with E-state index in [4.69, 9.17) is 9.47 Å². The van der Waals surface area contributed by atoms with E-state index in [9.17, 15) is 22.6 Å². The van der Waals surface area contributed by atoms with Crippen molar-refractivity contribution in [1.29, 1.82) is 0 Å². The Bertz CT molecular complexity index is 712. The van der Waals surface area contributed by atoms with Crippen molar-refractivity contribution in [2.75, 3.05) is 26.4 Å². The Morgan fingerprint density at radius 3 is 1.85 bits per heavy atom. The average Bonchev–Trinajstić information content (AvgIpc) is 2.49. The zero-order valence-corrected chi connectivity index (χ0v) is 20.0. The number of carbonyl (C=O) groups excluding carboxylic acids is 2. The van der Waals surface area contributed by atoms with Crippen LogP contribution in [0.3, 0.4) is 0 Å². The molecule has 0 saturated heterocycles. The standard InChI is InChI=1S/C16H23NO8S.K/c1-5-23-15(18)14(16(19)24-6-2)13-9-11(3)17(12(4)10-13)7-8-25-26(20,21)22;/h9-10H,5-8H2,1-4H3,(H,20,21,22);/q;+1/p-1. The van der Waals surface area contributed by atoms with E-state index in [1.165, 1.54) is 0 Å². The third-order valence-corrected chi connectivity index (χ3v) is 3.83. The normalized spacial score (nSPS) is 14.0. The van der Waals surface area contributed by atoms with Crippen LogP contribution in [0.5, 0.6) is 0 Å². The van der Waals surface area contributed by atoms with Gasteiger partial charge in [0.15, 0.2) is 5.57 Å². The average molecular weight is 428 g/mol. The molecular weight excluding hydrogens is 405 g/mol. The third kappa shape index (κ3) is 8.56. The van der Waals surface area contributed by atoms with Gasteiger partial charge in [0, 0.05) is 17.9 Å². The Balaban J connectivity index is 0.00000676. The van der Waals surface area contributed by atoms with E-state index in [1.54, 1.807) is 44.7 Å². The second-order valence-electron chi connectivity index (χ2n) is 5.22. The molecule has 11 heteroatoms. The zero-order valence-electron chi connectivity index (χ0n) is 16.1. The number of allylic oxidation sites excluding steroid dienone is 5. The Hall–Kier alpha value is -0.534. The molecule has 9 nitrogen and oxygen atoms in total. The molecule has 1 rings (SSSR count). The molecule has 27 heavy (non-hydrogen) atoms. The predicted molar refractivity (Wildman–Crippen MR) is 90.2 cm³/mol. The first-order valence-electron chi connectivity index (χ1n) is 7.93. The fourth-order valence-electron chi connectivity index (χ4n) is 2.38. The Morgan fingerprint density at radius 2 is 1.48 bits per heavy atom. The fraction of sp³-hybridized carbons (Fsp3) is 0.500. The number of hydrogen-bond donors (Lipinski definition) is 0. The minimum absolute atomic E-state index is 0. The molecule has 1 aliphatic heterocycles. The molecule has 0 aromatic carbocycles. The summed E-state index contributed by atoms with van der Waals surface area (Å²) in [5.74, 6) is -1.58. The van der Waals surface area contributed by atoms with Crippen LogP contribution in [0.15, 0.2) is 34.7 Å². The summed E-state index contributed by atoms with van der Waals surface area (Å²) in [5, 5.41) is 0. The number of ether oxygens (including phenoxy) is 2. The second kappa shape index (κ2) is 12.1. The molecule has 0 amide bonds. The summed E-state index contributed by atoms with van der Waals surface area (Å²) in [6.07, 6.45) is 3.14. The van der Waals surface area contributed by atoms with Crippen molar-refractivity contribution >= 4 is 22.3 Å². The van der Waals surface area contributed by atoms with Crippen LogP contribution in [0, 0.1) is 0 Å². The van der Waals surface area contributed by atoms with Crippen LogP contribution >= 0.6 is 0 Å². The van der Waals surface area contributed by atoms with E-state index < -0.39 is 22.3 Å². The molecule has 0 unspecified atom stereocenters. The molecule has 0 bridgehead atoms. The molecule has 0 aliphatic carbocycles.